The zero-order chi connectivity index (χ0) is 14.5. The van der Waals surface area contributed by atoms with Crippen LogP contribution in [0.2, 0.25) is 10.0 Å². The average Bonchev–Trinajstić information content (AvgIpc) is 2.64. The molecule has 2 rings (SSSR count). The quantitative estimate of drug-likeness (QED) is 0.797. The van der Waals surface area contributed by atoms with Crippen molar-refractivity contribution in [2.75, 3.05) is 39.8 Å². The number of hydrogen-bond donors (Lipinski definition) is 0. The van der Waals surface area contributed by atoms with E-state index in [0.717, 1.165) is 39.1 Å². The Hall–Kier alpha value is -0.610. The van der Waals surface area contributed by atoms with E-state index in [4.69, 9.17) is 23.2 Å². The highest BCUT2D eigenvalue weighted by molar-refractivity contribution is 6.43. The molecule has 20 heavy (non-hydrogen) atoms. The maximum Gasteiger partial charge on any atom is 0.165 e. The summed E-state index contributed by atoms with van der Waals surface area (Å²) in [6, 6.07) is 5.21. The van der Waals surface area contributed by atoms with Gasteiger partial charge in [-0.1, -0.05) is 29.3 Å². The second-order valence-electron chi connectivity index (χ2n) is 5.27. The van der Waals surface area contributed by atoms with Crippen LogP contribution in [0.25, 0.3) is 0 Å². The summed E-state index contributed by atoms with van der Waals surface area (Å²) >= 11 is 12.0. The summed E-state index contributed by atoms with van der Waals surface area (Å²) in [5, 5.41) is 0.809. The second-order valence-corrected chi connectivity index (χ2v) is 6.06. The molecule has 1 aromatic carbocycles. The molecule has 1 aliphatic heterocycles. The molecule has 0 N–H and O–H groups in total. The highest BCUT2D eigenvalue weighted by Crippen LogP contribution is 2.26. The van der Waals surface area contributed by atoms with Crippen molar-refractivity contribution in [2.24, 2.45) is 0 Å². The van der Waals surface area contributed by atoms with Gasteiger partial charge in [0.2, 0.25) is 0 Å². The van der Waals surface area contributed by atoms with Crippen LogP contribution in [0, 0.1) is 0 Å². The van der Waals surface area contributed by atoms with Gasteiger partial charge >= 0.3 is 0 Å². The third kappa shape index (κ3) is 4.19. The molecule has 0 spiro atoms. The molecule has 0 amide bonds. The van der Waals surface area contributed by atoms with Crippen molar-refractivity contribution in [2.45, 2.75) is 12.8 Å². The molecule has 0 aromatic heterocycles. The highest BCUT2D eigenvalue weighted by Gasteiger charge is 2.16. The number of nitrogens with zero attached hydrogens (tertiary/aromatic N) is 2. The summed E-state index contributed by atoms with van der Waals surface area (Å²) in [6.07, 6.45) is 1.65. The zero-order valence-electron chi connectivity index (χ0n) is 11.7. The van der Waals surface area contributed by atoms with Gasteiger partial charge in [-0.25, -0.2) is 0 Å². The fourth-order valence-corrected chi connectivity index (χ4v) is 2.84. The van der Waals surface area contributed by atoms with Gasteiger partial charge < -0.3 is 9.80 Å². The first-order valence-corrected chi connectivity index (χ1v) is 7.71. The van der Waals surface area contributed by atoms with Gasteiger partial charge in [0.15, 0.2) is 5.78 Å². The van der Waals surface area contributed by atoms with E-state index in [1.54, 1.807) is 18.2 Å². The Bertz CT molecular complexity index is 479. The molecule has 1 fully saturated rings. The number of halogens is 2. The Balaban J connectivity index is 1.90. The van der Waals surface area contributed by atoms with E-state index in [1.807, 2.05) is 0 Å². The molecule has 110 valence electrons. The fourth-order valence-electron chi connectivity index (χ4n) is 2.44. The van der Waals surface area contributed by atoms with Gasteiger partial charge in [-0.2, -0.15) is 0 Å². The Morgan fingerprint density at radius 3 is 2.80 bits per heavy atom. The lowest BCUT2D eigenvalue weighted by atomic mass is 10.1. The van der Waals surface area contributed by atoms with Crippen LogP contribution in [0.15, 0.2) is 18.2 Å². The van der Waals surface area contributed by atoms with Crippen LogP contribution >= 0.6 is 23.2 Å². The van der Waals surface area contributed by atoms with Crippen LogP contribution in [0.1, 0.15) is 23.2 Å². The number of likely N-dealkylation sites (N-methyl/N-ethyl adjacent to an activating group) is 1. The third-order valence-corrected chi connectivity index (χ3v) is 4.54. The fraction of sp³-hybridized carbons (Fsp3) is 0.533. The Morgan fingerprint density at radius 1 is 1.20 bits per heavy atom. The lowest BCUT2D eigenvalue weighted by Crippen LogP contribution is -2.30. The summed E-state index contributed by atoms with van der Waals surface area (Å²) in [7, 11) is 2.14. The first-order valence-electron chi connectivity index (χ1n) is 6.96. The van der Waals surface area contributed by atoms with Crippen molar-refractivity contribution in [1.29, 1.82) is 0 Å². The second kappa shape index (κ2) is 7.41. The molecule has 0 aliphatic carbocycles. The summed E-state index contributed by atoms with van der Waals surface area (Å²) < 4.78 is 0. The first-order chi connectivity index (χ1) is 9.58. The van der Waals surface area contributed by atoms with Crippen molar-refractivity contribution in [3.8, 4) is 0 Å². The van der Waals surface area contributed by atoms with Crippen molar-refractivity contribution in [3.05, 3.63) is 33.8 Å². The molecule has 0 radical (unpaired) electrons. The van der Waals surface area contributed by atoms with Crippen molar-refractivity contribution in [3.63, 3.8) is 0 Å². The molecule has 0 unspecified atom stereocenters. The Morgan fingerprint density at radius 2 is 2.00 bits per heavy atom. The van der Waals surface area contributed by atoms with E-state index < -0.39 is 0 Å². The van der Waals surface area contributed by atoms with Gasteiger partial charge in [0.25, 0.3) is 0 Å². The molecular formula is C15H20Cl2N2O. The minimum Gasteiger partial charge on any atom is -0.305 e. The number of ketones is 1. The average molecular weight is 315 g/mol. The van der Waals surface area contributed by atoms with Gasteiger partial charge in [0, 0.05) is 31.6 Å². The Kier molecular flexibility index (Phi) is 5.85. The maximum atomic E-state index is 12.2. The molecule has 1 heterocycles. The number of carbonyl (C=O) groups is 1. The van der Waals surface area contributed by atoms with E-state index >= 15 is 0 Å². The van der Waals surface area contributed by atoms with Crippen LogP contribution < -0.4 is 0 Å². The van der Waals surface area contributed by atoms with Gasteiger partial charge in [0.1, 0.15) is 0 Å². The predicted molar refractivity (Wildman–Crippen MR) is 84.0 cm³/mol. The number of benzene rings is 1. The minimum atomic E-state index is 0.0649. The van der Waals surface area contributed by atoms with Crippen molar-refractivity contribution in [1.82, 2.24) is 9.80 Å². The van der Waals surface area contributed by atoms with E-state index in [1.165, 1.54) is 0 Å². The summed E-state index contributed by atoms with van der Waals surface area (Å²) in [6.45, 7) is 5.06. The van der Waals surface area contributed by atoms with Gasteiger partial charge in [0.05, 0.1) is 10.0 Å². The first kappa shape index (κ1) is 15.8. The molecule has 0 atom stereocenters. The standard InChI is InChI=1S/C15H20Cl2N2O/c1-18-7-3-8-19(11-10-18)9-6-14(20)12-4-2-5-13(16)15(12)17/h2,4-5H,3,6-11H2,1H3. The molecule has 1 aromatic rings. The monoisotopic (exact) mass is 314 g/mol. The van der Waals surface area contributed by atoms with Gasteiger partial charge in [-0.3, -0.25) is 4.79 Å². The largest absolute Gasteiger partial charge is 0.305 e. The number of rotatable bonds is 4. The summed E-state index contributed by atoms with van der Waals surface area (Å²) in [5.74, 6) is 0.0649. The van der Waals surface area contributed by atoms with Crippen molar-refractivity contribution >= 4 is 29.0 Å². The smallest absolute Gasteiger partial charge is 0.165 e. The third-order valence-electron chi connectivity index (χ3n) is 3.72. The lowest BCUT2D eigenvalue weighted by Gasteiger charge is -2.19. The normalized spacial score (nSPS) is 17.9. The lowest BCUT2D eigenvalue weighted by molar-refractivity contribution is 0.0965. The molecule has 1 saturated heterocycles. The van der Waals surface area contributed by atoms with Gasteiger partial charge in [-0.05, 0) is 38.7 Å². The molecule has 0 saturated carbocycles. The summed E-state index contributed by atoms with van der Waals surface area (Å²) in [5.41, 5.74) is 0.533. The van der Waals surface area contributed by atoms with Crippen LogP contribution in [0.5, 0.6) is 0 Å². The molecular weight excluding hydrogens is 295 g/mol. The van der Waals surface area contributed by atoms with Gasteiger partial charge in [-0.15, -0.1) is 0 Å². The predicted octanol–water partition coefficient (Wildman–Crippen LogP) is 3.20. The summed E-state index contributed by atoms with van der Waals surface area (Å²) in [4.78, 5) is 16.9. The number of Topliss-reactive ketones (excluding diaryl/α,β-unsaturated/α-hetero) is 1. The molecule has 0 bridgehead atoms. The van der Waals surface area contributed by atoms with Crippen LogP contribution in [-0.4, -0.2) is 55.4 Å². The minimum absolute atomic E-state index is 0.0649. The highest BCUT2D eigenvalue weighted by atomic mass is 35.5. The zero-order valence-corrected chi connectivity index (χ0v) is 13.3. The van der Waals surface area contributed by atoms with Crippen LogP contribution in [0.3, 0.4) is 0 Å². The van der Waals surface area contributed by atoms with Crippen LogP contribution in [0.4, 0.5) is 0 Å². The maximum absolute atomic E-state index is 12.2. The number of hydrogen-bond acceptors (Lipinski definition) is 3. The van der Waals surface area contributed by atoms with E-state index in [2.05, 4.69) is 16.8 Å². The van der Waals surface area contributed by atoms with E-state index in [9.17, 15) is 4.79 Å². The molecule has 1 aliphatic rings. The Labute approximate surface area is 130 Å². The van der Waals surface area contributed by atoms with E-state index in [-0.39, 0.29) is 5.78 Å². The van der Waals surface area contributed by atoms with E-state index in [0.29, 0.717) is 22.0 Å². The molecule has 5 heteroatoms. The van der Waals surface area contributed by atoms with Crippen LogP contribution in [-0.2, 0) is 0 Å². The number of carbonyl (C=O) groups excluding carboxylic acids is 1. The van der Waals surface area contributed by atoms with Crippen molar-refractivity contribution < 1.29 is 4.79 Å². The topological polar surface area (TPSA) is 23.6 Å². The SMILES string of the molecule is CN1CCCN(CCC(=O)c2cccc(Cl)c2Cl)CC1. The molecule has 3 nitrogen and oxygen atoms in total.